The van der Waals surface area contributed by atoms with Crippen LogP contribution in [-0.4, -0.2) is 47.1 Å². The van der Waals surface area contributed by atoms with Crippen molar-refractivity contribution in [3.63, 3.8) is 0 Å². The number of nitrogens with zero attached hydrogens (tertiary/aromatic N) is 1. The third-order valence-electron chi connectivity index (χ3n) is 2.80. The maximum Gasteiger partial charge on any atom is 0.251 e. The highest BCUT2D eigenvalue weighted by molar-refractivity contribution is 5.96. The van der Waals surface area contributed by atoms with E-state index in [1.807, 2.05) is 0 Å². The van der Waals surface area contributed by atoms with Gasteiger partial charge in [0.1, 0.15) is 5.82 Å². The third-order valence-corrected chi connectivity index (χ3v) is 2.80. The van der Waals surface area contributed by atoms with Gasteiger partial charge in [-0.2, -0.15) is 0 Å². The van der Waals surface area contributed by atoms with E-state index in [2.05, 4.69) is 5.32 Å². The van der Waals surface area contributed by atoms with E-state index in [9.17, 15) is 19.1 Å². The average Bonchev–Trinajstić information content (AvgIpc) is 2.40. The molecule has 116 valence electrons. The Hall–Kier alpha value is -1.95. The summed E-state index contributed by atoms with van der Waals surface area (Å²) in [5.41, 5.74) is -0.841. The van der Waals surface area contributed by atoms with Crippen molar-refractivity contribution < 1.29 is 19.1 Å². The fraction of sp³-hybridized carbons (Fsp3) is 0.467. The fourth-order valence-corrected chi connectivity index (χ4v) is 1.84. The van der Waals surface area contributed by atoms with Crippen LogP contribution in [0.15, 0.2) is 24.3 Å². The van der Waals surface area contributed by atoms with Crippen molar-refractivity contribution >= 4 is 11.8 Å². The van der Waals surface area contributed by atoms with Crippen LogP contribution >= 0.6 is 0 Å². The van der Waals surface area contributed by atoms with Gasteiger partial charge in [-0.15, -0.1) is 0 Å². The van der Waals surface area contributed by atoms with E-state index in [0.717, 1.165) is 6.07 Å². The maximum atomic E-state index is 13.0. The van der Waals surface area contributed by atoms with E-state index in [-0.39, 0.29) is 24.6 Å². The smallest absolute Gasteiger partial charge is 0.251 e. The summed E-state index contributed by atoms with van der Waals surface area (Å²) in [5, 5.41) is 12.2. The first-order valence-electron chi connectivity index (χ1n) is 6.77. The topological polar surface area (TPSA) is 69.6 Å². The van der Waals surface area contributed by atoms with Crippen LogP contribution in [0.2, 0.25) is 0 Å². The Kier molecular flexibility index (Phi) is 5.84. The van der Waals surface area contributed by atoms with Crippen LogP contribution in [0.4, 0.5) is 4.39 Å². The zero-order valence-corrected chi connectivity index (χ0v) is 12.5. The molecule has 0 bridgehead atoms. The van der Waals surface area contributed by atoms with Gasteiger partial charge in [-0.3, -0.25) is 9.59 Å². The lowest BCUT2D eigenvalue weighted by Gasteiger charge is -2.28. The predicted molar refractivity (Wildman–Crippen MR) is 77.3 cm³/mol. The molecule has 0 aliphatic carbocycles. The summed E-state index contributed by atoms with van der Waals surface area (Å²) in [7, 11) is 0. The number of carbonyl (C=O) groups is 2. The molecule has 0 saturated heterocycles. The lowest BCUT2D eigenvalue weighted by Crippen LogP contribution is -2.46. The standard InChI is InChI=1S/C15H21FN2O3/c1-4-18(10-15(2,3)21)13(19)9-17-14(20)11-6-5-7-12(16)8-11/h5-8,21H,4,9-10H2,1-3H3,(H,17,20). The second kappa shape index (κ2) is 7.17. The lowest BCUT2D eigenvalue weighted by molar-refractivity contribution is -0.132. The van der Waals surface area contributed by atoms with E-state index in [4.69, 9.17) is 0 Å². The number of hydrogen-bond acceptors (Lipinski definition) is 3. The van der Waals surface area contributed by atoms with E-state index in [1.165, 1.54) is 23.1 Å². The number of nitrogens with one attached hydrogen (secondary N) is 1. The molecule has 2 N–H and O–H groups in total. The van der Waals surface area contributed by atoms with Crippen LogP contribution in [0.3, 0.4) is 0 Å². The van der Waals surface area contributed by atoms with Gasteiger partial charge in [0.15, 0.2) is 0 Å². The Morgan fingerprint density at radius 2 is 2.05 bits per heavy atom. The molecule has 5 nitrogen and oxygen atoms in total. The number of carbonyl (C=O) groups excluding carboxylic acids is 2. The molecule has 0 heterocycles. The van der Waals surface area contributed by atoms with E-state index >= 15 is 0 Å². The SMILES string of the molecule is CCN(CC(C)(C)O)C(=O)CNC(=O)c1cccc(F)c1. The summed E-state index contributed by atoms with van der Waals surface area (Å²) < 4.78 is 13.0. The Balaban J connectivity index is 2.57. The molecule has 0 aromatic heterocycles. The number of halogens is 1. The molecule has 0 saturated carbocycles. The number of aliphatic hydroxyl groups is 1. The van der Waals surface area contributed by atoms with E-state index in [0.29, 0.717) is 6.54 Å². The van der Waals surface area contributed by atoms with Gasteiger partial charge in [0.25, 0.3) is 5.91 Å². The molecule has 0 spiro atoms. The van der Waals surface area contributed by atoms with Gasteiger partial charge in [-0.05, 0) is 39.0 Å². The molecule has 0 aliphatic heterocycles. The minimum absolute atomic E-state index is 0.160. The van der Waals surface area contributed by atoms with E-state index in [1.54, 1.807) is 20.8 Å². The van der Waals surface area contributed by atoms with Crippen molar-refractivity contribution in [3.8, 4) is 0 Å². The highest BCUT2D eigenvalue weighted by Crippen LogP contribution is 2.05. The molecular weight excluding hydrogens is 275 g/mol. The minimum atomic E-state index is -1.00. The van der Waals surface area contributed by atoms with Gasteiger partial charge in [0, 0.05) is 18.7 Å². The molecule has 1 aromatic rings. The van der Waals surface area contributed by atoms with Crippen LogP contribution in [0.5, 0.6) is 0 Å². The maximum absolute atomic E-state index is 13.0. The molecule has 0 radical (unpaired) electrons. The molecule has 2 amide bonds. The van der Waals surface area contributed by atoms with Gasteiger partial charge in [0.05, 0.1) is 12.1 Å². The van der Waals surface area contributed by atoms with Crippen molar-refractivity contribution in [2.24, 2.45) is 0 Å². The van der Waals surface area contributed by atoms with Gasteiger partial charge in [-0.1, -0.05) is 6.07 Å². The number of benzene rings is 1. The van der Waals surface area contributed by atoms with Crippen LogP contribution in [-0.2, 0) is 4.79 Å². The molecule has 0 aliphatic rings. The largest absolute Gasteiger partial charge is 0.389 e. The number of hydrogen-bond donors (Lipinski definition) is 2. The zero-order chi connectivity index (χ0) is 16.0. The molecule has 1 rings (SSSR count). The Morgan fingerprint density at radius 3 is 2.57 bits per heavy atom. The third kappa shape index (κ3) is 5.91. The second-order valence-corrected chi connectivity index (χ2v) is 5.41. The number of likely N-dealkylation sites (N-methyl/N-ethyl adjacent to an activating group) is 1. The van der Waals surface area contributed by atoms with Crippen molar-refractivity contribution in [2.75, 3.05) is 19.6 Å². The van der Waals surface area contributed by atoms with Crippen molar-refractivity contribution in [1.29, 1.82) is 0 Å². The minimum Gasteiger partial charge on any atom is -0.389 e. The van der Waals surface area contributed by atoms with Gasteiger partial charge >= 0.3 is 0 Å². The first kappa shape index (κ1) is 17.1. The highest BCUT2D eigenvalue weighted by atomic mass is 19.1. The van der Waals surface area contributed by atoms with Gasteiger partial charge < -0.3 is 15.3 Å². The van der Waals surface area contributed by atoms with E-state index < -0.39 is 17.3 Å². The van der Waals surface area contributed by atoms with Crippen LogP contribution in [0, 0.1) is 5.82 Å². The molecule has 0 unspecified atom stereocenters. The zero-order valence-electron chi connectivity index (χ0n) is 12.5. The first-order chi connectivity index (χ1) is 9.73. The molecule has 6 heteroatoms. The fourth-order valence-electron chi connectivity index (χ4n) is 1.84. The van der Waals surface area contributed by atoms with Gasteiger partial charge in [-0.25, -0.2) is 4.39 Å². The molecule has 1 aromatic carbocycles. The quantitative estimate of drug-likeness (QED) is 0.828. The second-order valence-electron chi connectivity index (χ2n) is 5.41. The molecule has 0 atom stereocenters. The predicted octanol–water partition coefficient (Wildman–Crippen LogP) is 1.17. The highest BCUT2D eigenvalue weighted by Gasteiger charge is 2.21. The number of rotatable bonds is 6. The van der Waals surface area contributed by atoms with Gasteiger partial charge in [0.2, 0.25) is 5.91 Å². The summed E-state index contributed by atoms with van der Waals surface area (Å²) in [6.45, 7) is 5.41. The van der Waals surface area contributed by atoms with Crippen LogP contribution < -0.4 is 5.32 Å². The molecule has 21 heavy (non-hydrogen) atoms. The number of amides is 2. The summed E-state index contributed by atoms with van der Waals surface area (Å²) in [6, 6.07) is 5.24. The molecular formula is C15H21FN2O3. The Labute approximate surface area is 123 Å². The monoisotopic (exact) mass is 296 g/mol. The average molecular weight is 296 g/mol. The Morgan fingerprint density at radius 1 is 1.38 bits per heavy atom. The lowest BCUT2D eigenvalue weighted by atomic mass is 10.1. The summed E-state index contributed by atoms with van der Waals surface area (Å²) in [6.07, 6.45) is 0. The van der Waals surface area contributed by atoms with Crippen molar-refractivity contribution in [2.45, 2.75) is 26.4 Å². The Bertz CT molecular complexity index is 512. The first-order valence-corrected chi connectivity index (χ1v) is 6.77. The van der Waals surface area contributed by atoms with Crippen molar-refractivity contribution in [1.82, 2.24) is 10.2 Å². The normalized spacial score (nSPS) is 11.1. The molecule has 0 fully saturated rings. The van der Waals surface area contributed by atoms with Crippen LogP contribution in [0.25, 0.3) is 0 Å². The summed E-state index contributed by atoms with van der Waals surface area (Å²) in [4.78, 5) is 25.2. The van der Waals surface area contributed by atoms with Crippen molar-refractivity contribution in [3.05, 3.63) is 35.6 Å². The summed E-state index contributed by atoms with van der Waals surface area (Å²) in [5.74, 6) is -1.32. The summed E-state index contributed by atoms with van der Waals surface area (Å²) >= 11 is 0. The van der Waals surface area contributed by atoms with Crippen LogP contribution in [0.1, 0.15) is 31.1 Å².